The molecule has 0 amide bonds. The molecular formula is C39H48N2O10. The second-order valence-electron chi connectivity index (χ2n) is 13.1. The number of unbranched alkanes of at least 4 members (excludes halogenated alkanes) is 2. The molecule has 3 aromatic carbocycles. The van der Waals surface area contributed by atoms with Gasteiger partial charge in [0.25, 0.3) is 0 Å². The molecule has 274 valence electrons. The lowest BCUT2D eigenvalue weighted by Gasteiger charge is -2.40. The number of hydrogen-bond acceptors (Lipinski definition) is 10. The van der Waals surface area contributed by atoms with Crippen molar-refractivity contribution in [2.75, 3.05) is 60.6 Å². The molecule has 1 aliphatic carbocycles. The van der Waals surface area contributed by atoms with Crippen molar-refractivity contribution in [1.82, 2.24) is 9.80 Å². The fraction of sp³-hybridized carbons (Fsp3) is 0.436. The lowest BCUT2D eigenvalue weighted by atomic mass is 9.71. The van der Waals surface area contributed by atoms with E-state index in [-0.39, 0.29) is 5.92 Å². The third-order valence-corrected chi connectivity index (χ3v) is 9.98. The van der Waals surface area contributed by atoms with Crippen molar-refractivity contribution in [2.45, 2.75) is 48.9 Å². The van der Waals surface area contributed by atoms with Crippen LogP contribution in [0.1, 0.15) is 48.3 Å². The lowest BCUT2D eigenvalue weighted by molar-refractivity contribution is -0.150. The van der Waals surface area contributed by atoms with Gasteiger partial charge in [-0.3, -0.25) is 0 Å². The summed E-state index contributed by atoms with van der Waals surface area (Å²) in [4.78, 5) is 24.0. The average molecular weight is 705 g/mol. The average Bonchev–Trinajstić information content (AvgIpc) is 3.54. The first kappa shape index (κ1) is 37.6. The lowest BCUT2D eigenvalue weighted by Crippen LogP contribution is -2.52. The van der Waals surface area contributed by atoms with Gasteiger partial charge in [0.15, 0.2) is 11.2 Å². The Kier molecular flexibility index (Phi) is 12.2. The first-order valence-corrected chi connectivity index (χ1v) is 17.2. The van der Waals surface area contributed by atoms with Gasteiger partial charge in [-0.25, -0.2) is 9.59 Å². The first-order valence-electron chi connectivity index (χ1n) is 17.2. The minimum absolute atomic E-state index is 0.321. The molecule has 0 radical (unpaired) electrons. The molecule has 4 atom stereocenters. The van der Waals surface area contributed by atoms with Crippen molar-refractivity contribution in [2.24, 2.45) is 0 Å². The number of carboxylic acids is 2. The van der Waals surface area contributed by atoms with Crippen LogP contribution in [0.2, 0.25) is 0 Å². The number of benzene rings is 3. The van der Waals surface area contributed by atoms with Crippen molar-refractivity contribution in [3.05, 3.63) is 95.6 Å². The van der Waals surface area contributed by atoms with Crippen LogP contribution in [0.5, 0.6) is 23.0 Å². The smallest absolute Gasteiger partial charge is 0.328 e. The van der Waals surface area contributed by atoms with Crippen molar-refractivity contribution in [3.63, 3.8) is 0 Å². The predicted octanol–water partition coefficient (Wildman–Crippen LogP) is 4.24. The van der Waals surface area contributed by atoms with Crippen LogP contribution in [0.4, 0.5) is 0 Å². The summed E-state index contributed by atoms with van der Waals surface area (Å²) in [5.41, 5.74) is -0.867. The molecule has 0 aromatic heterocycles. The zero-order valence-electron chi connectivity index (χ0n) is 29.4. The summed E-state index contributed by atoms with van der Waals surface area (Å²) < 4.78 is 24.2. The van der Waals surface area contributed by atoms with Crippen LogP contribution in [0, 0.1) is 0 Å². The van der Waals surface area contributed by atoms with Crippen molar-refractivity contribution in [3.8, 4) is 23.0 Å². The molecule has 4 N–H and O–H groups in total. The molecule has 12 nitrogen and oxygen atoms in total. The van der Waals surface area contributed by atoms with Gasteiger partial charge < -0.3 is 49.2 Å². The summed E-state index contributed by atoms with van der Waals surface area (Å²) in [5, 5.41) is 39.9. The highest BCUT2D eigenvalue weighted by molar-refractivity contribution is 5.89. The van der Waals surface area contributed by atoms with Crippen LogP contribution in [0.3, 0.4) is 0 Å². The van der Waals surface area contributed by atoms with Gasteiger partial charge in [-0.05, 0) is 62.5 Å². The van der Waals surface area contributed by atoms with Crippen molar-refractivity contribution in [1.29, 1.82) is 0 Å². The number of carbonyl (C=O) groups is 2. The SMILES string of the molecule is COc1cc(OC)c2c(c1)O[C@@]1(c3ccc(OCCCCCN4CCN(C)CC4)cc3)[C@H](c3ccccc3)C[C@@H](O)[C@@]21O.O=C(O)/C=C/C(=O)O. The summed E-state index contributed by atoms with van der Waals surface area (Å²) >= 11 is 0. The van der Waals surface area contributed by atoms with Crippen molar-refractivity contribution < 1.29 is 49.0 Å². The predicted molar refractivity (Wildman–Crippen MR) is 190 cm³/mol. The fourth-order valence-corrected chi connectivity index (χ4v) is 7.40. The number of methoxy groups -OCH3 is 2. The fourth-order valence-electron chi connectivity index (χ4n) is 7.40. The highest BCUT2D eigenvalue weighted by Gasteiger charge is 2.73. The third kappa shape index (κ3) is 7.99. The van der Waals surface area contributed by atoms with E-state index in [2.05, 4.69) is 16.8 Å². The number of fused-ring (bicyclic) bond motifs is 3. The zero-order valence-corrected chi connectivity index (χ0v) is 29.4. The maximum Gasteiger partial charge on any atom is 0.328 e. The number of nitrogens with zero attached hydrogens (tertiary/aromatic N) is 2. The van der Waals surface area contributed by atoms with E-state index in [1.165, 1.54) is 6.42 Å². The monoisotopic (exact) mass is 704 g/mol. The Labute approximate surface area is 298 Å². The summed E-state index contributed by atoms with van der Waals surface area (Å²) in [6.07, 6.45) is 3.66. The largest absolute Gasteiger partial charge is 0.496 e. The Balaban J connectivity index is 0.000000565. The topological polar surface area (TPSA) is 158 Å². The molecule has 2 aliphatic heterocycles. The Bertz CT molecular complexity index is 1640. The molecule has 2 heterocycles. The Morgan fingerprint density at radius 3 is 2.16 bits per heavy atom. The van der Waals surface area contributed by atoms with Crippen LogP contribution in [-0.4, -0.2) is 109 Å². The number of carboxylic acid groups (broad SMARTS) is 2. The van der Waals surface area contributed by atoms with Gasteiger partial charge in [0.1, 0.15) is 23.0 Å². The number of likely N-dealkylation sites (N-methyl/N-ethyl adjacent to an activating group) is 1. The van der Waals surface area contributed by atoms with E-state index in [1.807, 2.05) is 54.6 Å². The normalized spacial score (nSPS) is 24.2. The quantitative estimate of drug-likeness (QED) is 0.148. The second kappa shape index (κ2) is 16.6. The highest BCUT2D eigenvalue weighted by atomic mass is 16.5. The number of ether oxygens (including phenoxy) is 4. The molecule has 6 rings (SSSR count). The number of aliphatic hydroxyl groups excluding tert-OH is 1. The van der Waals surface area contributed by atoms with E-state index in [9.17, 15) is 19.8 Å². The second-order valence-corrected chi connectivity index (χ2v) is 13.1. The zero-order chi connectivity index (χ0) is 36.6. The standard InChI is InChI=1S/C35H44N2O6.C4H4O4/c1-36-17-19-37(20-18-36)16-8-5-9-21-42-27-14-12-26(13-15-27)35-29(25-10-6-4-7-11-25)24-32(38)34(35,39)33-30(41-3)22-28(40-2)23-31(33)43-35;5-3(6)1-2-4(7)8/h4,6-7,10-15,22-23,29,32,38-39H,5,8-9,16-21,24H2,1-3H3;1-2H,(H,5,6)(H,7,8)/b;2-1+/t29-,32+,34+,35-;/m0./s1. The van der Waals surface area contributed by atoms with Gasteiger partial charge in [0.2, 0.25) is 0 Å². The number of aliphatic carboxylic acids is 2. The Hall–Kier alpha value is -4.62. The molecule has 1 saturated heterocycles. The molecule has 3 aromatic rings. The molecule has 0 bridgehead atoms. The number of hydrogen-bond donors (Lipinski definition) is 4. The van der Waals surface area contributed by atoms with Gasteiger partial charge >= 0.3 is 11.9 Å². The van der Waals surface area contributed by atoms with E-state index in [1.54, 1.807) is 26.4 Å². The summed E-state index contributed by atoms with van der Waals surface area (Å²) in [5.74, 6) is -0.669. The van der Waals surface area contributed by atoms with E-state index >= 15 is 0 Å². The third-order valence-electron chi connectivity index (χ3n) is 9.98. The molecule has 3 aliphatic rings. The van der Waals surface area contributed by atoms with Crippen LogP contribution in [0.15, 0.2) is 78.9 Å². The van der Waals surface area contributed by atoms with E-state index in [0.717, 1.165) is 62.4 Å². The van der Waals surface area contributed by atoms with Gasteiger partial charge in [-0.15, -0.1) is 0 Å². The molecule has 0 unspecified atom stereocenters. The molecule has 1 saturated carbocycles. The molecule has 0 spiro atoms. The van der Waals surface area contributed by atoms with Crippen LogP contribution in [-0.2, 0) is 20.8 Å². The number of aliphatic hydroxyl groups is 2. The van der Waals surface area contributed by atoms with Gasteiger partial charge in [0.05, 0.1) is 32.5 Å². The number of rotatable bonds is 13. The minimum atomic E-state index is -1.76. The minimum Gasteiger partial charge on any atom is -0.496 e. The molecule has 12 heteroatoms. The summed E-state index contributed by atoms with van der Waals surface area (Å²) in [6, 6.07) is 21.2. The first-order chi connectivity index (χ1) is 24.5. The molecule has 2 fully saturated rings. The maximum absolute atomic E-state index is 12.6. The summed E-state index contributed by atoms with van der Waals surface area (Å²) in [6.45, 7) is 6.44. The Morgan fingerprint density at radius 1 is 0.882 bits per heavy atom. The maximum atomic E-state index is 12.6. The Morgan fingerprint density at radius 2 is 1.55 bits per heavy atom. The molecule has 51 heavy (non-hydrogen) atoms. The van der Waals surface area contributed by atoms with Gasteiger partial charge in [-0.2, -0.15) is 0 Å². The summed E-state index contributed by atoms with van der Waals surface area (Å²) in [7, 11) is 5.32. The van der Waals surface area contributed by atoms with Crippen LogP contribution >= 0.6 is 0 Å². The number of piperazine rings is 1. The van der Waals surface area contributed by atoms with Crippen LogP contribution in [0.25, 0.3) is 0 Å². The van der Waals surface area contributed by atoms with Crippen LogP contribution < -0.4 is 18.9 Å². The van der Waals surface area contributed by atoms with Gasteiger partial charge in [0, 0.05) is 56.4 Å². The van der Waals surface area contributed by atoms with E-state index in [0.29, 0.717) is 48.0 Å². The van der Waals surface area contributed by atoms with Crippen molar-refractivity contribution >= 4 is 11.9 Å². The highest BCUT2D eigenvalue weighted by Crippen LogP contribution is 2.68. The van der Waals surface area contributed by atoms with E-state index in [4.69, 9.17) is 29.2 Å². The van der Waals surface area contributed by atoms with E-state index < -0.39 is 29.2 Å². The molecular weight excluding hydrogens is 656 g/mol. The van der Waals surface area contributed by atoms with Gasteiger partial charge in [-0.1, -0.05) is 42.5 Å².